The van der Waals surface area contributed by atoms with Crippen LogP contribution in [-0.4, -0.2) is 42.1 Å². The van der Waals surface area contributed by atoms with Crippen molar-refractivity contribution in [3.8, 4) is 0 Å². The van der Waals surface area contributed by atoms with Gasteiger partial charge in [0, 0.05) is 5.54 Å². The zero-order valence-electron chi connectivity index (χ0n) is 16.9. The molecule has 3 aromatic rings. The van der Waals surface area contributed by atoms with Gasteiger partial charge in [-0.05, 0) is 57.5 Å². The Labute approximate surface area is 175 Å². The largest absolute Gasteiger partial charge is 0.330 e. The van der Waals surface area contributed by atoms with Crippen molar-refractivity contribution in [2.24, 2.45) is 0 Å². The molecule has 1 saturated carbocycles. The normalized spacial score (nSPS) is 27.1. The Kier molecular flexibility index (Phi) is 4.37. The summed E-state index contributed by atoms with van der Waals surface area (Å²) in [6.07, 6.45) is 4.01. The molecule has 29 heavy (non-hydrogen) atoms. The van der Waals surface area contributed by atoms with E-state index in [2.05, 4.69) is 59.6 Å². The summed E-state index contributed by atoms with van der Waals surface area (Å²) >= 11 is 1.60. The highest BCUT2D eigenvalue weighted by Crippen LogP contribution is 2.46. The van der Waals surface area contributed by atoms with E-state index >= 15 is 0 Å². The van der Waals surface area contributed by atoms with E-state index in [9.17, 15) is 4.79 Å². The first-order chi connectivity index (χ1) is 14.0. The van der Waals surface area contributed by atoms with E-state index in [1.54, 1.807) is 11.3 Å². The summed E-state index contributed by atoms with van der Waals surface area (Å²) in [5, 5.41) is 3.36. The summed E-state index contributed by atoms with van der Waals surface area (Å²) in [5.41, 5.74) is 5.03. The Hall–Kier alpha value is -2.44. The van der Waals surface area contributed by atoms with Crippen molar-refractivity contribution < 1.29 is 4.79 Å². The monoisotopic (exact) mass is 406 g/mol. The summed E-state index contributed by atoms with van der Waals surface area (Å²) in [7, 11) is 4.35. The fourth-order valence-electron chi connectivity index (χ4n) is 5.15. The molecular weight excluding hydrogens is 380 g/mol. The Bertz CT molecular complexity index is 1040. The number of thiazole rings is 1. The quantitative estimate of drug-likeness (QED) is 0.692. The van der Waals surface area contributed by atoms with Gasteiger partial charge in [0.25, 0.3) is 0 Å². The van der Waals surface area contributed by atoms with Gasteiger partial charge in [0.1, 0.15) is 0 Å². The molecule has 1 aliphatic carbocycles. The van der Waals surface area contributed by atoms with Gasteiger partial charge in [0.2, 0.25) is 0 Å². The molecule has 5 rings (SSSR count). The molecule has 2 amide bonds. The molecule has 0 radical (unpaired) electrons. The number of carbonyl (C=O) groups excluding carboxylic acids is 1. The molecule has 2 heterocycles. The average molecular weight is 407 g/mol. The number of aromatic nitrogens is 1. The standard InChI is InChI=1S/C23H26N4OS/c1-26(2)23(17-7-4-3-5-8-17)13-11-22(12-14-23)15-27(21(28)25-22)19-10-6-9-18-20(19)29-16-24-18/h3-10,16H,11-15H2,1-2H3,(H,25,28). The molecule has 1 spiro atoms. The lowest BCUT2D eigenvalue weighted by Gasteiger charge is -2.48. The van der Waals surface area contributed by atoms with E-state index in [1.807, 2.05) is 28.6 Å². The number of hydrogen-bond donors (Lipinski definition) is 1. The maximum absolute atomic E-state index is 13.0. The maximum Gasteiger partial charge on any atom is 0.322 e. The second-order valence-corrected chi connectivity index (χ2v) is 9.42. The van der Waals surface area contributed by atoms with Crippen molar-refractivity contribution in [2.45, 2.75) is 36.8 Å². The van der Waals surface area contributed by atoms with Crippen LogP contribution in [0.2, 0.25) is 0 Å². The van der Waals surface area contributed by atoms with Crippen LogP contribution in [0.5, 0.6) is 0 Å². The molecular formula is C23H26N4OS. The highest BCUT2D eigenvalue weighted by Gasteiger charge is 2.50. The van der Waals surface area contributed by atoms with Gasteiger partial charge in [-0.25, -0.2) is 9.78 Å². The summed E-state index contributed by atoms with van der Waals surface area (Å²) < 4.78 is 1.09. The van der Waals surface area contributed by atoms with E-state index in [4.69, 9.17) is 0 Å². The number of carbonyl (C=O) groups is 1. The van der Waals surface area contributed by atoms with Gasteiger partial charge < -0.3 is 5.32 Å². The van der Waals surface area contributed by atoms with Crippen LogP contribution < -0.4 is 10.2 Å². The number of benzene rings is 2. The van der Waals surface area contributed by atoms with Crippen LogP contribution >= 0.6 is 11.3 Å². The lowest BCUT2D eigenvalue weighted by atomic mass is 9.69. The first-order valence-electron chi connectivity index (χ1n) is 10.2. The SMILES string of the molecule is CN(C)C1(c2ccccc2)CCC2(CC1)CN(c1cccc3ncsc13)C(=O)N2. The van der Waals surface area contributed by atoms with E-state index in [0.29, 0.717) is 0 Å². The molecule has 5 nitrogen and oxygen atoms in total. The summed E-state index contributed by atoms with van der Waals surface area (Å²) in [6.45, 7) is 0.723. The Balaban J connectivity index is 1.41. The third-order valence-electron chi connectivity index (χ3n) is 6.91. The van der Waals surface area contributed by atoms with Crippen molar-refractivity contribution in [2.75, 3.05) is 25.5 Å². The number of rotatable bonds is 3. The van der Waals surface area contributed by atoms with Crippen LogP contribution in [0.15, 0.2) is 54.0 Å². The Morgan fingerprint density at radius 1 is 1.03 bits per heavy atom. The first kappa shape index (κ1) is 18.6. The molecule has 0 unspecified atom stereocenters. The number of hydrogen-bond acceptors (Lipinski definition) is 4. The smallest absolute Gasteiger partial charge is 0.322 e. The van der Waals surface area contributed by atoms with Gasteiger partial charge in [-0.15, -0.1) is 11.3 Å². The molecule has 1 N–H and O–H groups in total. The van der Waals surface area contributed by atoms with Crippen molar-refractivity contribution in [3.05, 3.63) is 59.6 Å². The van der Waals surface area contributed by atoms with Crippen molar-refractivity contribution >= 4 is 33.3 Å². The van der Waals surface area contributed by atoms with Crippen LogP contribution in [0.4, 0.5) is 10.5 Å². The average Bonchev–Trinajstić information content (AvgIpc) is 3.34. The third kappa shape index (κ3) is 2.93. The van der Waals surface area contributed by atoms with E-state index in [1.165, 1.54) is 5.56 Å². The van der Waals surface area contributed by atoms with Gasteiger partial charge in [-0.3, -0.25) is 9.80 Å². The van der Waals surface area contributed by atoms with Crippen molar-refractivity contribution in [3.63, 3.8) is 0 Å². The predicted molar refractivity (Wildman–Crippen MR) is 119 cm³/mol. The number of anilines is 1. The van der Waals surface area contributed by atoms with Crippen LogP contribution in [0, 0.1) is 0 Å². The van der Waals surface area contributed by atoms with Crippen LogP contribution in [0.1, 0.15) is 31.2 Å². The molecule has 150 valence electrons. The molecule has 0 atom stereocenters. The molecule has 6 heteroatoms. The molecule has 2 fully saturated rings. The lowest BCUT2D eigenvalue weighted by Crippen LogP contribution is -2.54. The van der Waals surface area contributed by atoms with Crippen molar-refractivity contribution in [1.29, 1.82) is 0 Å². The second-order valence-electron chi connectivity index (χ2n) is 8.57. The van der Waals surface area contributed by atoms with Crippen molar-refractivity contribution in [1.82, 2.24) is 15.2 Å². The van der Waals surface area contributed by atoms with Gasteiger partial charge >= 0.3 is 6.03 Å². The highest BCUT2D eigenvalue weighted by atomic mass is 32.1. The summed E-state index contributed by atoms with van der Waals surface area (Å²) in [5.74, 6) is 0. The first-order valence-corrected chi connectivity index (χ1v) is 11.1. The summed E-state index contributed by atoms with van der Waals surface area (Å²) in [6, 6.07) is 16.8. The molecule has 1 aromatic heterocycles. The number of nitrogens with one attached hydrogen (secondary N) is 1. The number of nitrogens with zero attached hydrogens (tertiary/aromatic N) is 3. The van der Waals surface area contributed by atoms with Crippen LogP contribution in [-0.2, 0) is 5.54 Å². The number of amides is 2. The maximum atomic E-state index is 13.0. The molecule has 2 aromatic carbocycles. The van der Waals surface area contributed by atoms with Crippen LogP contribution in [0.3, 0.4) is 0 Å². The highest BCUT2D eigenvalue weighted by molar-refractivity contribution is 7.17. The molecule has 1 aliphatic heterocycles. The lowest BCUT2D eigenvalue weighted by molar-refractivity contribution is 0.0658. The minimum atomic E-state index is -0.155. The van der Waals surface area contributed by atoms with Crippen LogP contribution in [0.25, 0.3) is 10.2 Å². The number of urea groups is 1. The zero-order valence-corrected chi connectivity index (χ0v) is 17.7. The second kappa shape index (κ2) is 6.82. The molecule has 2 aliphatic rings. The molecule has 1 saturated heterocycles. The third-order valence-corrected chi connectivity index (χ3v) is 7.77. The van der Waals surface area contributed by atoms with E-state index < -0.39 is 0 Å². The summed E-state index contributed by atoms with van der Waals surface area (Å²) in [4.78, 5) is 21.7. The van der Waals surface area contributed by atoms with Gasteiger partial charge in [0.05, 0.1) is 33.5 Å². The predicted octanol–water partition coefficient (Wildman–Crippen LogP) is 4.60. The topological polar surface area (TPSA) is 48.5 Å². The fourth-order valence-corrected chi connectivity index (χ4v) is 5.97. The molecule has 0 bridgehead atoms. The number of fused-ring (bicyclic) bond motifs is 1. The van der Waals surface area contributed by atoms with Gasteiger partial charge in [-0.2, -0.15) is 0 Å². The van der Waals surface area contributed by atoms with E-state index in [-0.39, 0.29) is 17.1 Å². The van der Waals surface area contributed by atoms with Gasteiger partial charge in [0.15, 0.2) is 0 Å². The zero-order chi connectivity index (χ0) is 20.1. The fraction of sp³-hybridized carbons (Fsp3) is 0.391. The van der Waals surface area contributed by atoms with Gasteiger partial charge in [-0.1, -0.05) is 36.4 Å². The minimum absolute atomic E-state index is 0.0166. The Morgan fingerprint density at radius 2 is 1.79 bits per heavy atom. The Morgan fingerprint density at radius 3 is 2.52 bits per heavy atom. The van der Waals surface area contributed by atoms with E-state index in [0.717, 1.165) is 48.1 Å². The minimum Gasteiger partial charge on any atom is -0.330 e.